The number of hydrogen-bond acceptors (Lipinski definition) is 6. The molecule has 152 valence electrons. The molecule has 4 aliphatic rings. The molecule has 0 saturated carbocycles. The number of fused-ring (bicyclic) bond motifs is 2. The van der Waals surface area contributed by atoms with Gasteiger partial charge in [-0.1, -0.05) is 18.2 Å². The maximum absolute atomic E-state index is 13.2. The van der Waals surface area contributed by atoms with Crippen LogP contribution in [0.1, 0.15) is 37.3 Å². The van der Waals surface area contributed by atoms with Crippen LogP contribution >= 0.6 is 0 Å². The minimum absolute atomic E-state index is 0.00161. The number of hydrogen-bond donors (Lipinski definition) is 4. The van der Waals surface area contributed by atoms with Crippen molar-refractivity contribution in [3.63, 3.8) is 0 Å². The zero-order valence-electron chi connectivity index (χ0n) is 16.5. The van der Waals surface area contributed by atoms with Crippen molar-refractivity contribution in [1.29, 1.82) is 0 Å². The quantitative estimate of drug-likeness (QED) is 0.596. The molecule has 1 amide bonds. The summed E-state index contributed by atoms with van der Waals surface area (Å²) in [6.07, 6.45) is 3.90. The molecular weight excluding hydrogens is 354 g/mol. The third-order valence-electron chi connectivity index (χ3n) is 7.08. The molecule has 7 nitrogen and oxygen atoms in total. The number of nitrogens with zero attached hydrogens (tertiary/aromatic N) is 1. The van der Waals surface area contributed by atoms with Crippen molar-refractivity contribution in [3.8, 4) is 5.75 Å². The molecule has 3 fully saturated rings. The molecule has 4 atom stereocenters. The van der Waals surface area contributed by atoms with E-state index in [-0.39, 0.29) is 23.6 Å². The monoisotopic (exact) mass is 385 g/mol. The van der Waals surface area contributed by atoms with Gasteiger partial charge < -0.3 is 20.3 Å². The molecule has 0 aliphatic carbocycles. The van der Waals surface area contributed by atoms with Gasteiger partial charge in [0.15, 0.2) is 0 Å². The SMILES string of the molecule is CN1CCC2(CC1)CC(NC(=O)C1NNC3CCNCC31)c1ccccc1O2. The summed E-state index contributed by atoms with van der Waals surface area (Å²) in [5, 5.41) is 6.80. The Morgan fingerprint density at radius 3 is 2.93 bits per heavy atom. The van der Waals surface area contributed by atoms with Gasteiger partial charge in [-0.05, 0) is 38.9 Å². The van der Waals surface area contributed by atoms with Crippen LogP contribution in [0.2, 0.25) is 0 Å². The molecular formula is C21H31N5O2. The maximum atomic E-state index is 13.2. The van der Waals surface area contributed by atoms with Crippen LogP contribution in [-0.4, -0.2) is 61.7 Å². The van der Waals surface area contributed by atoms with Crippen LogP contribution in [-0.2, 0) is 4.79 Å². The van der Waals surface area contributed by atoms with Gasteiger partial charge in [-0.15, -0.1) is 0 Å². The van der Waals surface area contributed by atoms with E-state index in [2.05, 4.69) is 39.5 Å². The molecule has 4 heterocycles. The summed E-state index contributed by atoms with van der Waals surface area (Å²) in [6.45, 7) is 3.95. The Bertz CT molecular complexity index is 733. The number of ether oxygens (including phenoxy) is 1. The Balaban J connectivity index is 1.35. The third-order valence-corrected chi connectivity index (χ3v) is 7.08. The Morgan fingerprint density at radius 1 is 1.25 bits per heavy atom. The first-order chi connectivity index (χ1) is 13.6. The fraction of sp³-hybridized carbons (Fsp3) is 0.667. The Kier molecular flexibility index (Phi) is 4.79. The highest BCUT2D eigenvalue weighted by atomic mass is 16.5. The Hall–Kier alpha value is -1.67. The summed E-state index contributed by atoms with van der Waals surface area (Å²) in [6, 6.07) is 8.37. The van der Waals surface area contributed by atoms with Crippen molar-refractivity contribution < 1.29 is 9.53 Å². The standard InChI is InChI=1S/C21H31N5O2/c1-26-10-7-21(8-11-26)12-17(14-4-2-3-5-18(14)28-21)23-20(27)19-15-13-22-9-6-16(15)24-25-19/h2-5,15-17,19,22,24-25H,6-13H2,1H3,(H,23,27). The van der Waals surface area contributed by atoms with Gasteiger partial charge in [0.05, 0.1) is 6.04 Å². The number of carbonyl (C=O) groups excluding carboxylic acids is 1. The van der Waals surface area contributed by atoms with E-state index in [4.69, 9.17) is 4.74 Å². The first kappa shape index (κ1) is 18.4. The number of likely N-dealkylation sites (tertiary alicyclic amines) is 1. The summed E-state index contributed by atoms with van der Waals surface area (Å²) in [7, 11) is 2.16. The number of carbonyl (C=O) groups is 1. The van der Waals surface area contributed by atoms with E-state index in [0.717, 1.165) is 63.2 Å². The number of para-hydroxylation sites is 1. The van der Waals surface area contributed by atoms with Crippen LogP contribution in [0.15, 0.2) is 24.3 Å². The molecule has 0 radical (unpaired) electrons. The van der Waals surface area contributed by atoms with Gasteiger partial charge in [0, 0.05) is 43.6 Å². The number of amides is 1. The number of nitrogens with one attached hydrogen (secondary N) is 4. The van der Waals surface area contributed by atoms with Crippen molar-refractivity contribution in [2.24, 2.45) is 5.92 Å². The normalized spacial score (nSPS) is 34.3. The van der Waals surface area contributed by atoms with E-state index in [1.54, 1.807) is 0 Å². The first-order valence-corrected chi connectivity index (χ1v) is 10.6. The van der Waals surface area contributed by atoms with Crippen LogP contribution in [0, 0.1) is 5.92 Å². The number of rotatable bonds is 2. The minimum Gasteiger partial charge on any atom is -0.487 e. The van der Waals surface area contributed by atoms with Gasteiger partial charge >= 0.3 is 0 Å². The van der Waals surface area contributed by atoms with E-state index in [1.165, 1.54) is 0 Å². The average molecular weight is 386 g/mol. The van der Waals surface area contributed by atoms with Crippen molar-refractivity contribution >= 4 is 5.91 Å². The van der Waals surface area contributed by atoms with Crippen molar-refractivity contribution in [1.82, 2.24) is 26.4 Å². The molecule has 28 heavy (non-hydrogen) atoms. The number of piperidine rings is 2. The summed E-state index contributed by atoms with van der Waals surface area (Å²) >= 11 is 0. The fourth-order valence-corrected chi connectivity index (χ4v) is 5.32. The molecule has 4 unspecified atom stereocenters. The van der Waals surface area contributed by atoms with Gasteiger partial charge in [-0.3, -0.25) is 10.2 Å². The number of hydrazine groups is 1. The fourth-order valence-electron chi connectivity index (χ4n) is 5.32. The van der Waals surface area contributed by atoms with Gasteiger partial charge in [0.2, 0.25) is 5.91 Å². The van der Waals surface area contributed by atoms with Crippen LogP contribution < -0.4 is 26.2 Å². The molecule has 1 aromatic rings. The summed E-state index contributed by atoms with van der Waals surface area (Å²) in [5.74, 6) is 1.31. The Labute approximate surface area is 166 Å². The Morgan fingerprint density at radius 2 is 2.07 bits per heavy atom. The summed E-state index contributed by atoms with van der Waals surface area (Å²) < 4.78 is 6.52. The second-order valence-electron chi connectivity index (χ2n) is 8.92. The summed E-state index contributed by atoms with van der Waals surface area (Å²) in [4.78, 5) is 15.6. The average Bonchev–Trinajstić information content (AvgIpc) is 3.15. The van der Waals surface area contributed by atoms with Crippen molar-refractivity contribution in [2.75, 3.05) is 33.2 Å². The van der Waals surface area contributed by atoms with E-state index >= 15 is 0 Å². The van der Waals surface area contributed by atoms with E-state index in [9.17, 15) is 4.79 Å². The summed E-state index contributed by atoms with van der Waals surface area (Å²) in [5.41, 5.74) is 7.51. The molecule has 0 bridgehead atoms. The van der Waals surface area contributed by atoms with Crippen LogP contribution in [0.4, 0.5) is 0 Å². The highest BCUT2D eigenvalue weighted by Crippen LogP contribution is 2.44. The smallest absolute Gasteiger partial charge is 0.239 e. The van der Waals surface area contributed by atoms with Crippen LogP contribution in [0.25, 0.3) is 0 Å². The lowest BCUT2D eigenvalue weighted by molar-refractivity contribution is -0.125. The van der Waals surface area contributed by atoms with Crippen LogP contribution in [0.3, 0.4) is 0 Å². The lowest BCUT2D eigenvalue weighted by Crippen LogP contribution is -2.54. The molecule has 1 spiro atoms. The van der Waals surface area contributed by atoms with Gasteiger partial charge in [-0.2, -0.15) is 0 Å². The second kappa shape index (κ2) is 7.30. The van der Waals surface area contributed by atoms with Gasteiger partial charge in [0.1, 0.15) is 17.4 Å². The van der Waals surface area contributed by atoms with Crippen molar-refractivity contribution in [2.45, 2.75) is 49.4 Å². The molecule has 0 aromatic heterocycles. The zero-order chi connectivity index (χ0) is 19.1. The van der Waals surface area contributed by atoms with E-state index in [0.29, 0.717) is 12.0 Å². The van der Waals surface area contributed by atoms with Gasteiger partial charge in [-0.25, -0.2) is 5.43 Å². The maximum Gasteiger partial charge on any atom is 0.239 e. The molecule has 4 aliphatic heterocycles. The van der Waals surface area contributed by atoms with Crippen LogP contribution in [0.5, 0.6) is 5.75 Å². The van der Waals surface area contributed by atoms with Crippen molar-refractivity contribution in [3.05, 3.63) is 29.8 Å². The minimum atomic E-state index is -0.193. The highest BCUT2D eigenvalue weighted by Gasteiger charge is 2.45. The lowest BCUT2D eigenvalue weighted by atomic mass is 9.80. The largest absolute Gasteiger partial charge is 0.487 e. The predicted octanol–water partition coefficient (Wildman–Crippen LogP) is 0.545. The van der Waals surface area contributed by atoms with E-state index < -0.39 is 0 Å². The first-order valence-electron chi connectivity index (χ1n) is 10.6. The number of benzene rings is 1. The molecule has 3 saturated heterocycles. The highest BCUT2D eigenvalue weighted by molar-refractivity contribution is 5.83. The molecule has 5 rings (SSSR count). The zero-order valence-corrected chi connectivity index (χ0v) is 16.5. The third kappa shape index (κ3) is 3.30. The second-order valence-corrected chi connectivity index (χ2v) is 8.92. The topological polar surface area (TPSA) is 77.7 Å². The molecule has 7 heteroatoms. The lowest BCUT2D eigenvalue weighted by Gasteiger charge is -2.46. The molecule has 4 N–H and O–H groups in total. The van der Waals surface area contributed by atoms with Gasteiger partial charge in [0.25, 0.3) is 0 Å². The molecule has 1 aromatic carbocycles. The predicted molar refractivity (Wildman–Crippen MR) is 107 cm³/mol. The van der Waals surface area contributed by atoms with E-state index in [1.807, 2.05) is 18.2 Å².